The molecule has 0 amide bonds. The summed E-state index contributed by atoms with van der Waals surface area (Å²) in [5.74, 6) is -0.0888. The van der Waals surface area contributed by atoms with Crippen LogP contribution in [0.15, 0.2) is 23.4 Å². The molecule has 1 heterocycles. The first-order chi connectivity index (χ1) is 7.69. The van der Waals surface area contributed by atoms with Crippen molar-refractivity contribution in [3.63, 3.8) is 0 Å². The quantitative estimate of drug-likeness (QED) is 0.827. The van der Waals surface area contributed by atoms with Gasteiger partial charge in [-0.3, -0.25) is 0 Å². The van der Waals surface area contributed by atoms with E-state index >= 15 is 0 Å². The highest BCUT2D eigenvalue weighted by Gasteiger charge is 2.16. The molecule has 0 saturated heterocycles. The van der Waals surface area contributed by atoms with E-state index in [0.29, 0.717) is 17.0 Å². The van der Waals surface area contributed by atoms with Crippen molar-refractivity contribution in [2.45, 2.75) is 19.9 Å². The van der Waals surface area contributed by atoms with E-state index in [1.165, 1.54) is 0 Å². The lowest BCUT2D eigenvalue weighted by atomic mass is 10.2. The van der Waals surface area contributed by atoms with Crippen molar-refractivity contribution in [2.24, 2.45) is 5.18 Å². The number of aryl methyl sites for hydroxylation is 1. The predicted molar refractivity (Wildman–Crippen MR) is 64.4 cm³/mol. The van der Waals surface area contributed by atoms with Gasteiger partial charge in [-0.15, -0.1) is 4.91 Å². The number of fused-ring (bicyclic) bond motifs is 1. The minimum atomic E-state index is -0.0888. The third kappa shape index (κ3) is 1.55. The van der Waals surface area contributed by atoms with Gasteiger partial charge in [0.15, 0.2) is 5.69 Å². The van der Waals surface area contributed by atoms with Gasteiger partial charge >= 0.3 is 0 Å². The van der Waals surface area contributed by atoms with E-state index in [1.807, 2.05) is 6.92 Å². The maximum absolute atomic E-state index is 10.7. The summed E-state index contributed by atoms with van der Waals surface area (Å²) in [4.78, 5) is 10.7. The van der Waals surface area contributed by atoms with Crippen LogP contribution in [0.25, 0.3) is 10.9 Å². The van der Waals surface area contributed by atoms with E-state index in [4.69, 9.17) is 11.6 Å². The second-order valence-electron chi connectivity index (χ2n) is 3.58. The molecule has 1 aromatic heterocycles. The molecule has 0 aliphatic rings. The minimum Gasteiger partial charge on any atom is -0.493 e. The van der Waals surface area contributed by atoms with Crippen LogP contribution in [0.2, 0.25) is 5.02 Å². The molecule has 0 bridgehead atoms. The Kier molecular flexibility index (Phi) is 2.83. The van der Waals surface area contributed by atoms with E-state index in [-0.39, 0.29) is 11.6 Å². The molecule has 0 unspecified atom stereocenters. The fourth-order valence-corrected chi connectivity index (χ4v) is 2.01. The summed E-state index contributed by atoms with van der Waals surface area (Å²) < 4.78 is 1.67. The average molecular weight is 239 g/mol. The van der Waals surface area contributed by atoms with Crippen LogP contribution in [0.4, 0.5) is 5.69 Å². The third-order valence-electron chi connectivity index (χ3n) is 2.51. The summed E-state index contributed by atoms with van der Waals surface area (Å²) in [7, 11) is 0. The molecule has 2 rings (SSSR count). The van der Waals surface area contributed by atoms with Gasteiger partial charge in [0.1, 0.15) is 0 Å². The number of rotatable bonds is 3. The molecule has 16 heavy (non-hydrogen) atoms. The lowest BCUT2D eigenvalue weighted by Crippen LogP contribution is -1.94. The first-order valence-electron chi connectivity index (χ1n) is 5.03. The zero-order valence-electron chi connectivity index (χ0n) is 8.77. The van der Waals surface area contributed by atoms with Gasteiger partial charge < -0.3 is 9.67 Å². The Morgan fingerprint density at radius 3 is 2.88 bits per heavy atom. The van der Waals surface area contributed by atoms with Crippen molar-refractivity contribution in [3.05, 3.63) is 28.1 Å². The van der Waals surface area contributed by atoms with Gasteiger partial charge in [0.25, 0.3) is 0 Å². The molecule has 4 nitrogen and oxygen atoms in total. The lowest BCUT2D eigenvalue weighted by molar-refractivity contribution is 0.421. The van der Waals surface area contributed by atoms with Crippen molar-refractivity contribution >= 4 is 28.2 Å². The highest BCUT2D eigenvalue weighted by atomic mass is 35.5. The van der Waals surface area contributed by atoms with Crippen LogP contribution in [-0.2, 0) is 6.54 Å². The number of aromatic nitrogens is 1. The second kappa shape index (κ2) is 4.14. The summed E-state index contributed by atoms with van der Waals surface area (Å²) in [6.45, 7) is 2.63. The summed E-state index contributed by atoms with van der Waals surface area (Å²) >= 11 is 5.85. The van der Waals surface area contributed by atoms with Crippen molar-refractivity contribution < 1.29 is 5.11 Å². The Labute approximate surface area is 97.4 Å². The molecule has 84 valence electrons. The molecule has 1 N–H and O–H groups in total. The molecule has 1 aromatic carbocycles. The monoisotopic (exact) mass is 238 g/mol. The SMILES string of the molecule is CCCn1c(O)c(N=O)c2cc(Cl)ccc21. The molecule has 0 aliphatic heterocycles. The van der Waals surface area contributed by atoms with Gasteiger partial charge in [0, 0.05) is 17.0 Å². The van der Waals surface area contributed by atoms with E-state index in [2.05, 4.69) is 5.18 Å². The summed E-state index contributed by atoms with van der Waals surface area (Å²) in [6, 6.07) is 5.14. The van der Waals surface area contributed by atoms with Crippen LogP contribution < -0.4 is 0 Å². The fourth-order valence-electron chi connectivity index (χ4n) is 1.84. The molecule has 2 aromatic rings. The number of benzene rings is 1. The van der Waals surface area contributed by atoms with Gasteiger partial charge in [-0.2, -0.15) is 0 Å². The number of nitroso groups, excluding NO2 is 1. The Bertz CT molecular complexity index is 548. The molecule has 0 radical (unpaired) electrons. The largest absolute Gasteiger partial charge is 0.493 e. The van der Waals surface area contributed by atoms with Crippen LogP contribution >= 0.6 is 11.6 Å². The topological polar surface area (TPSA) is 54.6 Å². The predicted octanol–water partition coefficient (Wildman–Crippen LogP) is 3.81. The van der Waals surface area contributed by atoms with Crippen molar-refractivity contribution in [1.82, 2.24) is 4.57 Å². The van der Waals surface area contributed by atoms with Gasteiger partial charge in [-0.25, -0.2) is 0 Å². The number of nitrogens with zero attached hydrogens (tertiary/aromatic N) is 2. The number of hydrogen-bond acceptors (Lipinski definition) is 3. The van der Waals surface area contributed by atoms with Gasteiger partial charge in [0.2, 0.25) is 5.88 Å². The Morgan fingerprint density at radius 1 is 1.50 bits per heavy atom. The minimum absolute atomic E-state index is 0.0611. The van der Waals surface area contributed by atoms with Crippen LogP contribution in [0.3, 0.4) is 0 Å². The smallest absolute Gasteiger partial charge is 0.222 e. The van der Waals surface area contributed by atoms with Gasteiger partial charge in [0.05, 0.1) is 5.52 Å². The Hall–Kier alpha value is -1.55. The average Bonchev–Trinajstić information content (AvgIpc) is 2.52. The molecular weight excluding hydrogens is 228 g/mol. The maximum Gasteiger partial charge on any atom is 0.222 e. The third-order valence-corrected chi connectivity index (χ3v) is 2.75. The molecule has 5 heteroatoms. The van der Waals surface area contributed by atoms with Crippen LogP contribution in [-0.4, -0.2) is 9.67 Å². The summed E-state index contributed by atoms with van der Waals surface area (Å²) in [6.07, 6.45) is 0.859. The molecular formula is C11H11ClN2O2. The lowest BCUT2D eigenvalue weighted by Gasteiger charge is -2.03. The number of hydrogen-bond donors (Lipinski definition) is 1. The fraction of sp³-hybridized carbons (Fsp3) is 0.273. The number of aromatic hydroxyl groups is 1. The van der Waals surface area contributed by atoms with Gasteiger partial charge in [-0.1, -0.05) is 18.5 Å². The Balaban J connectivity index is 2.80. The standard InChI is InChI=1S/C11H11ClN2O2/c1-2-5-14-9-4-3-7(12)6-8(9)10(13-16)11(14)15/h3-4,6,15H,2,5H2,1H3. The first kappa shape index (κ1) is 11.0. The summed E-state index contributed by atoms with van der Waals surface area (Å²) in [5, 5.41) is 13.8. The van der Waals surface area contributed by atoms with E-state index in [9.17, 15) is 10.0 Å². The van der Waals surface area contributed by atoms with Gasteiger partial charge in [-0.05, 0) is 29.8 Å². The normalized spacial score (nSPS) is 10.9. The zero-order chi connectivity index (χ0) is 11.7. The molecule has 0 fully saturated rings. The highest BCUT2D eigenvalue weighted by molar-refractivity contribution is 6.31. The molecule has 0 saturated carbocycles. The molecule has 0 aliphatic carbocycles. The van der Waals surface area contributed by atoms with Crippen molar-refractivity contribution in [3.8, 4) is 5.88 Å². The van der Waals surface area contributed by atoms with Crippen LogP contribution in [0.1, 0.15) is 13.3 Å². The zero-order valence-corrected chi connectivity index (χ0v) is 9.53. The van der Waals surface area contributed by atoms with E-state index in [0.717, 1.165) is 11.9 Å². The van der Waals surface area contributed by atoms with Crippen molar-refractivity contribution in [1.29, 1.82) is 0 Å². The molecule has 0 spiro atoms. The van der Waals surface area contributed by atoms with Crippen LogP contribution in [0, 0.1) is 4.91 Å². The van der Waals surface area contributed by atoms with E-state index < -0.39 is 0 Å². The maximum atomic E-state index is 10.7. The first-order valence-corrected chi connectivity index (χ1v) is 5.41. The summed E-state index contributed by atoms with van der Waals surface area (Å²) in [5.41, 5.74) is 0.837. The van der Waals surface area contributed by atoms with E-state index in [1.54, 1.807) is 22.8 Å². The van der Waals surface area contributed by atoms with Crippen LogP contribution in [0.5, 0.6) is 5.88 Å². The highest BCUT2D eigenvalue weighted by Crippen LogP contribution is 2.39. The molecule has 0 atom stereocenters. The number of halogens is 1. The second-order valence-corrected chi connectivity index (χ2v) is 4.01. The van der Waals surface area contributed by atoms with Crippen molar-refractivity contribution in [2.75, 3.05) is 0 Å². The Morgan fingerprint density at radius 2 is 2.25 bits per heavy atom.